The van der Waals surface area contributed by atoms with Crippen LogP contribution in [0.25, 0.3) is 0 Å². The van der Waals surface area contributed by atoms with Crippen LogP contribution in [0.2, 0.25) is 0 Å². The molecule has 1 atom stereocenters. The maximum atomic E-state index is 6.10. The van der Waals surface area contributed by atoms with E-state index in [1.807, 2.05) is 31.2 Å². The average molecular weight is 237 g/mol. The van der Waals surface area contributed by atoms with Gasteiger partial charge in [-0.3, -0.25) is 0 Å². The molecule has 1 saturated heterocycles. The van der Waals surface area contributed by atoms with Gasteiger partial charge in [0.05, 0.1) is 19.8 Å². The van der Waals surface area contributed by atoms with Gasteiger partial charge in [-0.2, -0.15) is 0 Å². The summed E-state index contributed by atoms with van der Waals surface area (Å²) in [6, 6.07) is 7.80. The molecule has 1 aromatic carbocycles. The molecule has 0 spiro atoms. The van der Waals surface area contributed by atoms with E-state index in [4.69, 9.17) is 19.9 Å². The molecular weight excluding hydrogens is 218 g/mol. The lowest BCUT2D eigenvalue weighted by Gasteiger charge is -2.16. The van der Waals surface area contributed by atoms with Gasteiger partial charge in [0.2, 0.25) is 0 Å². The van der Waals surface area contributed by atoms with Crippen molar-refractivity contribution >= 4 is 0 Å². The van der Waals surface area contributed by atoms with Crippen molar-refractivity contribution < 1.29 is 14.2 Å². The summed E-state index contributed by atoms with van der Waals surface area (Å²) in [4.78, 5) is 0. The molecule has 1 unspecified atom stereocenters. The van der Waals surface area contributed by atoms with Gasteiger partial charge in [-0.05, 0) is 24.6 Å². The van der Waals surface area contributed by atoms with Crippen molar-refractivity contribution in [2.45, 2.75) is 25.7 Å². The molecule has 1 aromatic rings. The number of ether oxygens (including phenoxy) is 3. The first-order valence-corrected chi connectivity index (χ1v) is 6.01. The van der Waals surface area contributed by atoms with Crippen molar-refractivity contribution in [3.63, 3.8) is 0 Å². The molecule has 0 radical (unpaired) electrons. The van der Waals surface area contributed by atoms with Crippen molar-refractivity contribution in [1.82, 2.24) is 0 Å². The second kappa shape index (κ2) is 6.00. The summed E-state index contributed by atoms with van der Waals surface area (Å²) in [5, 5.41) is 0. The molecule has 0 aromatic heterocycles. The summed E-state index contributed by atoms with van der Waals surface area (Å²) < 4.78 is 16.1. The second-order valence-electron chi connectivity index (χ2n) is 4.02. The Morgan fingerprint density at radius 2 is 1.94 bits per heavy atom. The quantitative estimate of drug-likeness (QED) is 0.849. The van der Waals surface area contributed by atoms with Gasteiger partial charge in [0.15, 0.2) is 6.29 Å². The topological polar surface area (TPSA) is 53.7 Å². The third-order valence-electron chi connectivity index (χ3n) is 2.76. The molecule has 94 valence electrons. The summed E-state index contributed by atoms with van der Waals surface area (Å²) in [7, 11) is 0. The Hall–Kier alpha value is -1.10. The van der Waals surface area contributed by atoms with Crippen LogP contribution in [0.5, 0.6) is 5.75 Å². The molecule has 4 heteroatoms. The Bertz CT molecular complexity index is 333. The molecule has 17 heavy (non-hydrogen) atoms. The minimum Gasteiger partial charge on any atom is -0.494 e. The zero-order chi connectivity index (χ0) is 12.1. The molecule has 1 heterocycles. The molecule has 1 aliphatic heterocycles. The predicted octanol–water partition coefficient (Wildman–Crippen LogP) is 1.85. The number of rotatable bonds is 5. The van der Waals surface area contributed by atoms with Crippen LogP contribution >= 0.6 is 0 Å². The lowest BCUT2D eigenvalue weighted by molar-refractivity contribution is -0.0507. The molecule has 2 rings (SSSR count). The van der Waals surface area contributed by atoms with Gasteiger partial charge in [-0.25, -0.2) is 0 Å². The molecule has 1 fully saturated rings. The van der Waals surface area contributed by atoms with Crippen LogP contribution in [0.3, 0.4) is 0 Å². The lowest BCUT2D eigenvalue weighted by Crippen LogP contribution is -2.19. The van der Waals surface area contributed by atoms with Crippen molar-refractivity contribution in [3.05, 3.63) is 29.8 Å². The number of nitrogens with two attached hydrogens (primary N) is 1. The van der Waals surface area contributed by atoms with Gasteiger partial charge in [-0.15, -0.1) is 0 Å². The molecular formula is C13H19NO3. The van der Waals surface area contributed by atoms with Crippen LogP contribution < -0.4 is 10.5 Å². The molecule has 2 N–H and O–H groups in total. The van der Waals surface area contributed by atoms with Crippen molar-refractivity contribution in [3.8, 4) is 5.75 Å². The standard InChI is InChI=1S/C13H19NO3/c1-2-15-11-5-3-10(4-6-11)12(14)9-13-16-7-8-17-13/h3-6,12-13H,2,7-9,14H2,1H3. The van der Waals surface area contributed by atoms with E-state index >= 15 is 0 Å². The highest BCUT2D eigenvalue weighted by Crippen LogP contribution is 2.22. The second-order valence-corrected chi connectivity index (χ2v) is 4.02. The van der Waals surface area contributed by atoms with E-state index in [-0.39, 0.29) is 12.3 Å². The number of hydrogen-bond acceptors (Lipinski definition) is 4. The van der Waals surface area contributed by atoms with E-state index in [0.717, 1.165) is 11.3 Å². The summed E-state index contributed by atoms with van der Waals surface area (Å²) in [6.07, 6.45) is 0.533. The molecule has 0 aliphatic carbocycles. The average Bonchev–Trinajstić information content (AvgIpc) is 2.83. The summed E-state index contributed by atoms with van der Waals surface area (Å²) in [5.41, 5.74) is 7.17. The molecule has 0 bridgehead atoms. The largest absolute Gasteiger partial charge is 0.494 e. The summed E-state index contributed by atoms with van der Waals surface area (Å²) in [6.45, 7) is 3.98. The molecule has 0 amide bonds. The summed E-state index contributed by atoms with van der Waals surface area (Å²) in [5.74, 6) is 0.872. The molecule has 1 aliphatic rings. The third-order valence-corrected chi connectivity index (χ3v) is 2.76. The Morgan fingerprint density at radius 3 is 2.53 bits per heavy atom. The van der Waals surface area contributed by atoms with Crippen LogP contribution in [-0.4, -0.2) is 26.1 Å². The third kappa shape index (κ3) is 3.43. The van der Waals surface area contributed by atoms with Crippen molar-refractivity contribution in [2.24, 2.45) is 5.73 Å². The van der Waals surface area contributed by atoms with Crippen LogP contribution in [0.1, 0.15) is 24.9 Å². The van der Waals surface area contributed by atoms with E-state index < -0.39 is 0 Å². The van der Waals surface area contributed by atoms with Gasteiger partial charge in [0, 0.05) is 12.5 Å². The number of hydrogen-bond donors (Lipinski definition) is 1. The van der Waals surface area contributed by atoms with Crippen LogP contribution in [0, 0.1) is 0 Å². The molecule has 0 saturated carbocycles. The maximum absolute atomic E-state index is 6.10. The van der Waals surface area contributed by atoms with Gasteiger partial charge in [-0.1, -0.05) is 12.1 Å². The highest BCUT2D eigenvalue weighted by atomic mass is 16.7. The zero-order valence-corrected chi connectivity index (χ0v) is 10.1. The first-order valence-electron chi connectivity index (χ1n) is 6.01. The smallest absolute Gasteiger partial charge is 0.159 e. The molecule has 4 nitrogen and oxygen atoms in total. The minimum atomic E-state index is -0.156. The van der Waals surface area contributed by atoms with E-state index in [1.165, 1.54) is 0 Å². The Kier molecular flexibility index (Phi) is 4.36. The van der Waals surface area contributed by atoms with E-state index in [0.29, 0.717) is 26.2 Å². The Balaban J connectivity index is 1.91. The fraction of sp³-hybridized carbons (Fsp3) is 0.538. The zero-order valence-electron chi connectivity index (χ0n) is 10.1. The van der Waals surface area contributed by atoms with Gasteiger partial charge < -0.3 is 19.9 Å². The van der Waals surface area contributed by atoms with E-state index in [1.54, 1.807) is 0 Å². The number of benzene rings is 1. The van der Waals surface area contributed by atoms with Gasteiger partial charge in [0.1, 0.15) is 5.75 Å². The van der Waals surface area contributed by atoms with E-state index in [2.05, 4.69) is 0 Å². The predicted molar refractivity (Wildman–Crippen MR) is 64.8 cm³/mol. The van der Waals surface area contributed by atoms with Gasteiger partial charge in [0.25, 0.3) is 0 Å². The van der Waals surface area contributed by atoms with Crippen LogP contribution in [0.4, 0.5) is 0 Å². The monoisotopic (exact) mass is 237 g/mol. The van der Waals surface area contributed by atoms with Crippen molar-refractivity contribution in [2.75, 3.05) is 19.8 Å². The minimum absolute atomic E-state index is 0.0613. The Morgan fingerprint density at radius 1 is 1.29 bits per heavy atom. The fourth-order valence-electron chi connectivity index (χ4n) is 1.86. The van der Waals surface area contributed by atoms with Crippen molar-refractivity contribution in [1.29, 1.82) is 0 Å². The van der Waals surface area contributed by atoms with Crippen LogP contribution in [-0.2, 0) is 9.47 Å². The first-order chi connectivity index (χ1) is 8.29. The first kappa shape index (κ1) is 12.4. The van der Waals surface area contributed by atoms with Gasteiger partial charge >= 0.3 is 0 Å². The fourth-order valence-corrected chi connectivity index (χ4v) is 1.86. The SMILES string of the molecule is CCOc1ccc(C(N)CC2OCCO2)cc1. The van der Waals surface area contributed by atoms with Crippen LogP contribution in [0.15, 0.2) is 24.3 Å². The maximum Gasteiger partial charge on any atom is 0.159 e. The Labute approximate surface area is 102 Å². The lowest BCUT2D eigenvalue weighted by atomic mass is 10.0. The highest BCUT2D eigenvalue weighted by molar-refractivity contribution is 5.29. The summed E-state index contributed by atoms with van der Waals surface area (Å²) >= 11 is 0. The van der Waals surface area contributed by atoms with E-state index in [9.17, 15) is 0 Å². The highest BCUT2D eigenvalue weighted by Gasteiger charge is 2.20. The normalized spacial score (nSPS) is 18.2.